The van der Waals surface area contributed by atoms with Crippen LogP contribution in [0.1, 0.15) is 42.9 Å². The molecule has 0 aliphatic carbocycles. The van der Waals surface area contributed by atoms with Gasteiger partial charge in [0.25, 0.3) is 0 Å². The highest BCUT2D eigenvalue weighted by Crippen LogP contribution is 2.34. The molecule has 2 unspecified atom stereocenters. The normalized spacial score (nSPS) is 26.1. The van der Waals surface area contributed by atoms with Gasteiger partial charge < -0.3 is 15.4 Å². The summed E-state index contributed by atoms with van der Waals surface area (Å²) in [5, 5.41) is 6.65. The van der Waals surface area contributed by atoms with Crippen LogP contribution in [0.25, 0.3) is 0 Å². The molecular weight excluding hydrogens is 252 g/mol. The molecule has 1 amide bonds. The van der Waals surface area contributed by atoms with Crippen LogP contribution in [0.15, 0.2) is 18.2 Å². The zero-order valence-corrected chi connectivity index (χ0v) is 11.9. The zero-order chi connectivity index (χ0) is 13.9. The highest BCUT2D eigenvalue weighted by molar-refractivity contribution is 5.76. The number of carbonyl (C=O) groups excluding carboxylic acids is 1. The molecule has 2 atom stereocenters. The first-order chi connectivity index (χ1) is 9.74. The molecule has 4 heteroatoms. The van der Waals surface area contributed by atoms with E-state index in [4.69, 9.17) is 4.74 Å². The molecule has 1 aromatic carbocycles. The van der Waals surface area contributed by atoms with Crippen LogP contribution >= 0.6 is 0 Å². The molecule has 0 radical (unpaired) electrons. The van der Waals surface area contributed by atoms with E-state index in [-0.39, 0.29) is 5.91 Å². The largest absolute Gasteiger partial charge is 0.493 e. The van der Waals surface area contributed by atoms with Crippen molar-refractivity contribution in [1.29, 1.82) is 0 Å². The average Bonchev–Trinajstić information content (AvgIpc) is 2.65. The van der Waals surface area contributed by atoms with Crippen LogP contribution in [0.2, 0.25) is 0 Å². The Morgan fingerprint density at radius 3 is 3.05 bits per heavy atom. The van der Waals surface area contributed by atoms with Gasteiger partial charge in [0, 0.05) is 30.6 Å². The number of amides is 1. The molecule has 20 heavy (non-hydrogen) atoms. The van der Waals surface area contributed by atoms with Crippen molar-refractivity contribution in [3.05, 3.63) is 29.3 Å². The van der Waals surface area contributed by atoms with Crippen molar-refractivity contribution in [3.63, 3.8) is 0 Å². The van der Waals surface area contributed by atoms with Gasteiger partial charge in [-0.2, -0.15) is 0 Å². The molecule has 2 N–H and O–H groups in total. The van der Waals surface area contributed by atoms with Crippen molar-refractivity contribution in [2.75, 3.05) is 13.2 Å². The van der Waals surface area contributed by atoms with Gasteiger partial charge in [-0.15, -0.1) is 0 Å². The first-order valence-electron chi connectivity index (χ1n) is 7.49. The fourth-order valence-electron chi connectivity index (χ4n) is 3.10. The number of piperidine rings is 1. The fraction of sp³-hybridized carbons (Fsp3) is 0.562. The minimum atomic E-state index is 0.170. The van der Waals surface area contributed by atoms with Gasteiger partial charge in [0.05, 0.1) is 6.61 Å². The number of hydrogen-bond acceptors (Lipinski definition) is 3. The van der Waals surface area contributed by atoms with E-state index in [2.05, 4.69) is 35.8 Å². The molecule has 1 saturated heterocycles. The number of hydrogen-bond donors (Lipinski definition) is 2. The van der Waals surface area contributed by atoms with Crippen molar-refractivity contribution < 1.29 is 9.53 Å². The van der Waals surface area contributed by atoms with E-state index in [0.717, 1.165) is 38.2 Å². The predicted octanol–water partition coefficient (Wildman–Crippen LogP) is 2.08. The Balaban J connectivity index is 1.76. The summed E-state index contributed by atoms with van der Waals surface area (Å²) in [6, 6.07) is 7.05. The molecular formula is C16H22N2O2. The molecule has 1 aromatic rings. The molecule has 1 fully saturated rings. The summed E-state index contributed by atoms with van der Waals surface area (Å²) in [6.07, 6.45) is 3.69. The monoisotopic (exact) mass is 274 g/mol. The van der Waals surface area contributed by atoms with Gasteiger partial charge in [-0.1, -0.05) is 18.2 Å². The van der Waals surface area contributed by atoms with Crippen molar-refractivity contribution in [1.82, 2.24) is 10.6 Å². The zero-order valence-electron chi connectivity index (χ0n) is 11.9. The Bertz CT molecular complexity index is 491. The molecule has 3 rings (SSSR count). The second-order valence-corrected chi connectivity index (χ2v) is 5.74. The lowest BCUT2D eigenvalue weighted by Crippen LogP contribution is -2.46. The van der Waals surface area contributed by atoms with Gasteiger partial charge in [0.15, 0.2) is 0 Å². The molecule has 4 nitrogen and oxygen atoms in total. The Morgan fingerprint density at radius 2 is 2.25 bits per heavy atom. The van der Waals surface area contributed by atoms with E-state index in [1.165, 1.54) is 11.1 Å². The minimum absolute atomic E-state index is 0.170. The van der Waals surface area contributed by atoms with Crippen LogP contribution in [-0.2, 0) is 4.79 Å². The summed E-state index contributed by atoms with van der Waals surface area (Å²) in [4.78, 5) is 11.2. The number of rotatable bonds is 2. The van der Waals surface area contributed by atoms with Gasteiger partial charge in [-0.05, 0) is 31.7 Å². The third-order valence-electron chi connectivity index (χ3n) is 4.20. The number of ether oxygens (including phenoxy) is 1. The van der Waals surface area contributed by atoms with Crippen LogP contribution in [-0.4, -0.2) is 25.1 Å². The molecule has 2 heterocycles. The topological polar surface area (TPSA) is 50.4 Å². The van der Waals surface area contributed by atoms with E-state index >= 15 is 0 Å². The molecule has 108 valence electrons. The van der Waals surface area contributed by atoms with Crippen LogP contribution in [0, 0.1) is 6.92 Å². The van der Waals surface area contributed by atoms with Crippen molar-refractivity contribution in [3.8, 4) is 5.75 Å². The number of aryl methyl sites for hydroxylation is 1. The van der Waals surface area contributed by atoms with Gasteiger partial charge >= 0.3 is 0 Å². The molecule has 2 aliphatic heterocycles. The maximum atomic E-state index is 11.2. The second kappa shape index (κ2) is 5.83. The summed E-state index contributed by atoms with van der Waals surface area (Å²) < 4.78 is 5.91. The summed E-state index contributed by atoms with van der Waals surface area (Å²) in [7, 11) is 0. The van der Waals surface area contributed by atoms with Crippen LogP contribution in [0.4, 0.5) is 0 Å². The van der Waals surface area contributed by atoms with E-state index in [1.54, 1.807) is 0 Å². The van der Waals surface area contributed by atoms with E-state index in [0.29, 0.717) is 18.5 Å². The summed E-state index contributed by atoms with van der Waals surface area (Å²) in [5.74, 6) is 1.21. The van der Waals surface area contributed by atoms with Crippen LogP contribution in [0.3, 0.4) is 0 Å². The maximum absolute atomic E-state index is 11.2. The lowest BCUT2D eigenvalue weighted by molar-refractivity contribution is -0.122. The average molecular weight is 274 g/mol. The summed E-state index contributed by atoms with van der Waals surface area (Å²) in [6.45, 7) is 3.62. The summed E-state index contributed by atoms with van der Waals surface area (Å²) >= 11 is 0. The third-order valence-corrected chi connectivity index (χ3v) is 4.20. The van der Waals surface area contributed by atoms with Crippen molar-refractivity contribution in [2.45, 2.75) is 44.7 Å². The first kappa shape index (κ1) is 13.4. The van der Waals surface area contributed by atoms with Gasteiger partial charge in [-0.3, -0.25) is 4.79 Å². The summed E-state index contributed by atoms with van der Waals surface area (Å²) in [5.41, 5.74) is 2.47. The number of carbonyl (C=O) groups is 1. The number of nitrogens with one attached hydrogen (secondary N) is 2. The van der Waals surface area contributed by atoms with E-state index in [1.807, 2.05) is 0 Å². The Labute approximate surface area is 119 Å². The number of benzene rings is 1. The lowest BCUT2D eigenvalue weighted by atomic mass is 9.97. The number of fused-ring (bicyclic) bond motifs is 1. The Hall–Kier alpha value is -1.55. The van der Waals surface area contributed by atoms with Crippen LogP contribution < -0.4 is 15.4 Å². The first-order valence-corrected chi connectivity index (χ1v) is 7.49. The van der Waals surface area contributed by atoms with Gasteiger partial charge in [-0.25, -0.2) is 0 Å². The quantitative estimate of drug-likeness (QED) is 0.868. The van der Waals surface area contributed by atoms with E-state index in [9.17, 15) is 4.79 Å². The van der Waals surface area contributed by atoms with Crippen molar-refractivity contribution >= 4 is 5.91 Å². The standard InChI is InChI=1S/C16H22N2O2/c1-11-4-2-5-13-14(6-3-9-20-16(11)13)18-12-7-8-15(19)17-10-12/h2,4-5,12,14,18H,3,6-10H2,1H3,(H,17,19). The minimum Gasteiger partial charge on any atom is -0.493 e. The Morgan fingerprint density at radius 1 is 1.35 bits per heavy atom. The molecule has 0 aromatic heterocycles. The second-order valence-electron chi connectivity index (χ2n) is 5.74. The Kier molecular flexibility index (Phi) is 3.92. The van der Waals surface area contributed by atoms with Crippen LogP contribution in [0.5, 0.6) is 5.75 Å². The third kappa shape index (κ3) is 2.80. The molecule has 0 bridgehead atoms. The maximum Gasteiger partial charge on any atom is 0.220 e. The molecule has 2 aliphatic rings. The molecule has 0 saturated carbocycles. The van der Waals surface area contributed by atoms with E-state index < -0.39 is 0 Å². The van der Waals surface area contributed by atoms with Gasteiger partial charge in [0.1, 0.15) is 5.75 Å². The highest BCUT2D eigenvalue weighted by atomic mass is 16.5. The smallest absolute Gasteiger partial charge is 0.220 e. The lowest BCUT2D eigenvalue weighted by Gasteiger charge is -2.29. The SMILES string of the molecule is Cc1cccc2c1OCCCC2NC1CCC(=O)NC1. The predicted molar refractivity (Wildman–Crippen MR) is 77.8 cm³/mol. The number of para-hydroxylation sites is 1. The fourth-order valence-corrected chi connectivity index (χ4v) is 3.10. The van der Waals surface area contributed by atoms with Crippen molar-refractivity contribution in [2.24, 2.45) is 0 Å². The van der Waals surface area contributed by atoms with Gasteiger partial charge in [0.2, 0.25) is 5.91 Å². The molecule has 0 spiro atoms. The highest BCUT2D eigenvalue weighted by Gasteiger charge is 2.25.